The predicted molar refractivity (Wildman–Crippen MR) is 88.3 cm³/mol. The molecule has 0 saturated carbocycles. The molecule has 0 atom stereocenters. The molecule has 0 amide bonds. The Morgan fingerprint density at radius 1 is 1.23 bits per heavy atom. The molecule has 116 valence electrons. The van der Waals surface area contributed by atoms with Gasteiger partial charge in [-0.25, -0.2) is 9.97 Å². The van der Waals surface area contributed by atoms with Gasteiger partial charge < -0.3 is 15.3 Å². The van der Waals surface area contributed by atoms with Crippen molar-refractivity contribution in [1.82, 2.24) is 15.3 Å². The van der Waals surface area contributed by atoms with E-state index in [2.05, 4.69) is 29.0 Å². The molecule has 1 aromatic carbocycles. The van der Waals surface area contributed by atoms with Crippen molar-refractivity contribution in [3.63, 3.8) is 0 Å². The van der Waals surface area contributed by atoms with E-state index >= 15 is 0 Å². The maximum atomic E-state index is 9.79. The van der Waals surface area contributed by atoms with Crippen LogP contribution in [-0.4, -0.2) is 41.3 Å². The van der Waals surface area contributed by atoms with Crippen LogP contribution in [0.4, 0.5) is 5.69 Å². The normalized spacial score (nSPS) is 15.3. The highest BCUT2D eigenvalue weighted by atomic mass is 16.3. The topological polar surface area (TPSA) is 61.3 Å². The lowest BCUT2D eigenvalue weighted by atomic mass is 10.1. The minimum atomic E-state index is 0.258. The minimum absolute atomic E-state index is 0.258. The largest absolute Gasteiger partial charge is 0.508 e. The summed E-state index contributed by atoms with van der Waals surface area (Å²) < 4.78 is 0. The number of nitrogens with zero attached hydrogens (tertiary/aromatic N) is 3. The Kier molecular flexibility index (Phi) is 4.24. The highest BCUT2D eigenvalue weighted by Gasteiger charge is 2.18. The SMILES string of the molecule is CC(C)c1ncc(N2CCNCC2)c(-c2cccc(O)c2)n1. The second-order valence-corrected chi connectivity index (χ2v) is 5.90. The van der Waals surface area contributed by atoms with Gasteiger partial charge in [-0.2, -0.15) is 0 Å². The average Bonchev–Trinajstić information content (AvgIpc) is 2.55. The van der Waals surface area contributed by atoms with Gasteiger partial charge in [-0.1, -0.05) is 26.0 Å². The Balaban J connectivity index is 2.08. The number of phenols is 1. The number of rotatable bonds is 3. The van der Waals surface area contributed by atoms with Gasteiger partial charge in [0.25, 0.3) is 0 Å². The molecule has 0 aliphatic carbocycles. The van der Waals surface area contributed by atoms with E-state index in [1.165, 1.54) is 0 Å². The fraction of sp³-hybridized carbons (Fsp3) is 0.412. The van der Waals surface area contributed by atoms with Crippen LogP contribution in [-0.2, 0) is 0 Å². The Labute approximate surface area is 131 Å². The molecule has 22 heavy (non-hydrogen) atoms. The molecule has 1 saturated heterocycles. The van der Waals surface area contributed by atoms with Gasteiger partial charge in [0.2, 0.25) is 0 Å². The molecule has 2 N–H and O–H groups in total. The lowest BCUT2D eigenvalue weighted by Gasteiger charge is -2.30. The molecule has 5 heteroatoms. The molecule has 1 aliphatic rings. The Morgan fingerprint density at radius 2 is 2.00 bits per heavy atom. The van der Waals surface area contributed by atoms with Crippen molar-refractivity contribution < 1.29 is 5.11 Å². The zero-order chi connectivity index (χ0) is 15.5. The number of hydrogen-bond donors (Lipinski definition) is 2. The summed E-state index contributed by atoms with van der Waals surface area (Å²) in [7, 11) is 0. The smallest absolute Gasteiger partial charge is 0.131 e. The van der Waals surface area contributed by atoms with Gasteiger partial charge in [-0.05, 0) is 12.1 Å². The van der Waals surface area contributed by atoms with Gasteiger partial charge in [0, 0.05) is 37.7 Å². The predicted octanol–water partition coefficient (Wildman–Crippen LogP) is 2.38. The van der Waals surface area contributed by atoms with E-state index in [4.69, 9.17) is 4.98 Å². The van der Waals surface area contributed by atoms with Gasteiger partial charge >= 0.3 is 0 Å². The molecule has 2 aromatic rings. The molecule has 1 aromatic heterocycles. The van der Waals surface area contributed by atoms with Gasteiger partial charge in [-0.3, -0.25) is 0 Å². The van der Waals surface area contributed by atoms with Crippen molar-refractivity contribution in [1.29, 1.82) is 0 Å². The minimum Gasteiger partial charge on any atom is -0.508 e. The van der Waals surface area contributed by atoms with E-state index in [1.807, 2.05) is 18.3 Å². The zero-order valence-electron chi connectivity index (χ0n) is 13.1. The van der Waals surface area contributed by atoms with E-state index < -0.39 is 0 Å². The summed E-state index contributed by atoms with van der Waals surface area (Å²) in [6.45, 7) is 7.99. The highest BCUT2D eigenvalue weighted by Crippen LogP contribution is 2.31. The van der Waals surface area contributed by atoms with Crippen LogP contribution in [0.1, 0.15) is 25.6 Å². The molecule has 1 aliphatic heterocycles. The van der Waals surface area contributed by atoms with E-state index in [-0.39, 0.29) is 11.7 Å². The van der Waals surface area contributed by atoms with Crippen LogP contribution in [0.5, 0.6) is 5.75 Å². The summed E-state index contributed by atoms with van der Waals surface area (Å²) in [6.07, 6.45) is 1.92. The summed E-state index contributed by atoms with van der Waals surface area (Å²) in [5.41, 5.74) is 2.87. The van der Waals surface area contributed by atoms with Crippen LogP contribution in [0.3, 0.4) is 0 Å². The number of anilines is 1. The monoisotopic (exact) mass is 298 g/mol. The van der Waals surface area contributed by atoms with Crippen molar-refractivity contribution in [3.8, 4) is 17.0 Å². The van der Waals surface area contributed by atoms with Crippen LogP contribution in [0, 0.1) is 0 Å². The van der Waals surface area contributed by atoms with Crippen molar-refractivity contribution in [3.05, 3.63) is 36.3 Å². The third-order valence-corrected chi connectivity index (χ3v) is 3.88. The Hall–Kier alpha value is -2.14. The fourth-order valence-corrected chi connectivity index (χ4v) is 2.67. The maximum Gasteiger partial charge on any atom is 0.131 e. The number of aromatic hydroxyl groups is 1. The summed E-state index contributed by atoms with van der Waals surface area (Å²) in [4.78, 5) is 11.6. The highest BCUT2D eigenvalue weighted by molar-refractivity contribution is 5.75. The van der Waals surface area contributed by atoms with Crippen molar-refractivity contribution >= 4 is 5.69 Å². The van der Waals surface area contributed by atoms with Crippen molar-refractivity contribution in [2.24, 2.45) is 0 Å². The molecule has 3 rings (SSSR count). The number of benzene rings is 1. The molecule has 0 bridgehead atoms. The van der Waals surface area contributed by atoms with Gasteiger partial charge in [-0.15, -0.1) is 0 Å². The summed E-state index contributed by atoms with van der Waals surface area (Å²) in [5, 5.41) is 13.1. The van der Waals surface area contributed by atoms with E-state index in [0.717, 1.165) is 48.9 Å². The first-order valence-electron chi connectivity index (χ1n) is 7.77. The quantitative estimate of drug-likeness (QED) is 0.911. The fourth-order valence-electron chi connectivity index (χ4n) is 2.67. The molecular formula is C17H22N4O. The lowest BCUT2D eigenvalue weighted by molar-refractivity contribution is 0.475. The summed E-state index contributed by atoms with van der Waals surface area (Å²) in [5.74, 6) is 1.36. The van der Waals surface area contributed by atoms with Crippen LogP contribution < -0.4 is 10.2 Å². The van der Waals surface area contributed by atoms with Crippen molar-refractivity contribution in [2.45, 2.75) is 19.8 Å². The number of phenolic OH excluding ortho intramolecular Hbond substituents is 1. The van der Waals surface area contributed by atoms with Gasteiger partial charge in [0.15, 0.2) is 0 Å². The first-order valence-corrected chi connectivity index (χ1v) is 7.77. The molecule has 5 nitrogen and oxygen atoms in total. The molecule has 0 unspecified atom stereocenters. The number of piperazine rings is 1. The standard InChI is InChI=1S/C17H22N4O/c1-12(2)17-19-11-15(21-8-6-18-7-9-21)16(20-17)13-4-3-5-14(22)10-13/h3-5,10-12,18,22H,6-9H2,1-2H3. The molecular weight excluding hydrogens is 276 g/mol. The second kappa shape index (κ2) is 6.32. The average molecular weight is 298 g/mol. The van der Waals surface area contributed by atoms with Crippen LogP contribution in [0.25, 0.3) is 11.3 Å². The number of nitrogens with one attached hydrogen (secondary N) is 1. The Bertz CT molecular complexity index is 651. The van der Waals surface area contributed by atoms with Crippen LogP contribution >= 0.6 is 0 Å². The number of hydrogen-bond acceptors (Lipinski definition) is 5. The maximum absolute atomic E-state index is 9.79. The van der Waals surface area contributed by atoms with Crippen molar-refractivity contribution in [2.75, 3.05) is 31.1 Å². The van der Waals surface area contributed by atoms with Gasteiger partial charge in [0.05, 0.1) is 17.6 Å². The third-order valence-electron chi connectivity index (χ3n) is 3.88. The van der Waals surface area contributed by atoms with E-state index in [9.17, 15) is 5.11 Å². The molecule has 0 spiro atoms. The molecule has 1 fully saturated rings. The summed E-state index contributed by atoms with van der Waals surface area (Å²) >= 11 is 0. The van der Waals surface area contributed by atoms with E-state index in [1.54, 1.807) is 12.1 Å². The zero-order valence-corrected chi connectivity index (χ0v) is 13.1. The summed E-state index contributed by atoms with van der Waals surface area (Å²) in [6, 6.07) is 7.28. The lowest BCUT2D eigenvalue weighted by Crippen LogP contribution is -2.43. The first-order chi connectivity index (χ1) is 10.6. The number of aromatic nitrogens is 2. The molecule has 2 heterocycles. The van der Waals surface area contributed by atoms with Crippen LogP contribution in [0.2, 0.25) is 0 Å². The van der Waals surface area contributed by atoms with Crippen LogP contribution in [0.15, 0.2) is 30.5 Å². The second-order valence-electron chi connectivity index (χ2n) is 5.90. The van der Waals surface area contributed by atoms with Gasteiger partial charge in [0.1, 0.15) is 11.6 Å². The Morgan fingerprint density at radius 3 is 2.68 bits per heavy atom. The third kappa shape index (κ3) is 3.04. The van der Waals surface area contributed by atoms with E-state index in [0.29, 0.717) is 0 Å². The first kappa shape index (κ1) is 14.8. The molecule has 0 radical (unpaired) electrons.